The van der Waals surface area contributed by atoms with Gasteiger partial charge >= 0.3 is 0 Å². The van der Waals surface area contributed by atoms with Gasteiger partial charge in [0.05, 0.1) is 0 Å². The zero-order valence-electron chi connectivity index (χ0n) is 11.3. The summed E-state index contributed by atoms with van der Waals surface area (Å²) in [4.78, 5) is 4.77. The number of rotatable bonds is 4. The highest BCUT2D eigenvalue weighted by molar-refractivity contribution is 5.32. The standard InChI is InChI=1S/C15H24N2/c1-16(2)11-12-17(3)15-10-6-8-13-7-4-5-9-14(13)15/h4-5,7,9,15H,6,8,10-12H2,1-3H3. The lowest BCUT2D eigenvalue weighted by molar-refractivity contribution is 0.200. The van der Waals surface area contributed by atoms with E-state index in [1.807, 2.05) is 0 Å². The molecule has 0 saturated carbocycles. The Kier molecular flexibility index (Phi) is 4.19. The van der Waals surface area contributed by atoms with Gasteiger partial charge in [0.2, 0.25) is 0 Å². The van der Waals surface area contributed by atoms with Gasteiger partial charge in [0.1, 0.15) is 0 Å². The molecule has 1 unspecified atom stereocenters. The van der Waals surface area contributed by atoms with Crippen molar-refractivity contribution in [2.45, 2.75) is 25.3 Å². The summed E-state index contributed by atoms with van der Waals surface area (Å²) in [7, 11) is 6.54. The monoisotopic (exact) mass is 232 g/mol. The van der Waals surface area contributed by atoms with E-state index in [-0.39, 0.29) is 0 Å². The number of benzene rings is 1. The molecule has 1 aromatic carbocycles. The number of likely N-dealkylation sites (N-methyl/N-ethyl adjacent to an activating group) is 2. The fourth-order valence-corrected chi connectivity index (χ4v) is 2.70. The van der Waals surface area contributed by atoms with Crippen molar-refractivity contribution in [3.05, 3.63) is 35.4 Å². The Morgan fingerprint density at radius 1 is 1.12 bits per heavy atom. The van der Waals surface area contributed by atoms with Crippen LogP contribution in [0.4, 0.5) is 0 Å². The normalized spacial score (nSPS) is 19.7. The Labute approximate surface area is 105 Å². The van der Waals surface area contributed by atoms with E-state index >= 15 is 0 Å². The van der Waals surface area contributed by atoms with Gasteiger partial charge in [-0.2, -0.15) is 0 Å². The zero-order valence-corrected chi connectivity index (χ0v) is 11.3. The molecule has 0 radical (unpaired) electrons. The van der Waals surface area contributed by atoms with Crippen molar-refractivity contribution in [2.24, 2.45) is 0 Å². The highest BCUT2D eigenvalue weighted by Crippen LogP contribution is 2.33. The van der Waals surface area contributed by atoms with Gasteiger partial charge in [-0.1, -0.05) is 24.3 Å². The summed E-state index contributed by atoms with van der Waals surface area (Å²) in [6.07, 6.45) is 3.89. The van der Waals surface area contributed by atoms with Crippen LogP contribution < -0.4 is 0 Å². The van der Waals surface area contributed by atoms with Crippen molar-refractivity contribution < 1.29 is 0 Å². The molecule has 1 aliphatic rings. The lowest BCUT2D eigenvalue weighted by Gasteiger charge is -2.33. The SMILES string of the molecule is CN(C)CCN(C)C1CCCc2ccccc21. The average molecular weight is 232 g/mol. The molecule has 0 N–H and O–H groups in total. The first kappa shape index (κ1) is 12.6. The van der Waals surface area contributed by atoms with E-state index < -0.39 is 0 Å². The molecule has 0 aliphatic heterocycles. The summed E-state index contributed by atoms with van der Waals surface area (Å²) < 4.78 is 0. The van der Waals surface area contributed by atoms with E-state index in [0.29, 0.717) is 6.04 Å². The molecule has 1 atom stereocenters. The van der Waals surface area contributed by atoms with Crippen LogP contribution >= 0.6 is 0 Å². The van der Waals surface area contributed by atoms with E-state index in [9.17, 15) is 0 Å². The average Bonchev–Trinajstić information content (AvgIpc) is 2.35. The Balaban J connectivity index is 2.07. The van der Waals surface area contributed by atoms with Crippen molar-refractivity contribution >= 4 is 0 Å². The molecule has 0 amide bonds. The minimum absolute atomic E-state index is 0.625. The Bertz CT molecular complexity index is 360. The maximum atomic E-state index is 2.51. The van der Waals surface area contributed by atoms with Gasteiger partial charge < -0.3 is 4.90 Å². The third-order valence-corrected chi connectivity index (χ3v) is 3.77. The van der Waals surface area contributed by atoms with Crippen LogP contribution in [0.5, 0.6) is 0 Å². The van der Waals surface area contributed by atoms with Crippen LogP contribution in [0.1, 0.15) is 30.0 Å². The number of aryl methyl sites for hydroxylation is 1. The Morgan fingerprint density at radius 3 is 2.65 bits per heavy atom. The van der Waals surface area contributed by atoms with Crippen LogP contribution in [-0.2, 0) is 6.42 Å². The van der Waals surface area contributed by atoms with Gasteiger partial charge in [-0.3, -0.25) is 4.90 Å². The second-order valence-corrected chi connectivity index (χ2v) is 5.39. The predicted octanol–water partition coefficient (Wildman–Crippen LogP) is 2.56. The van der Waals surface area contributed by atoms with Crippen molar-refractivity contribution in [1.82, 2.24) is 9.80 Å². The molecule has 2 heteroatoms. The lowest BCUT2D eigenvalue weighted by Crippen LogP contribution is -2.33. The fourth-order valence-electron chi connectivity index (χ4n) is 2.70. The number of hydrogen-bond acceptors (Lipinski definition) is 2. The van der Waals surface area contributed by atoms with Crippen LogP contribution in [-0.4, -0.2) is 44.0 Å². The second-order valence-electron chi connectivity index (χ2n) is 5.39. The van der Waals surface area contributed by atoms with Crippen LogP contribution in [0.25, 0.3) is 0 Å². The smallest absolute Gasteiger partial charge is 0.0348 e. The van der Waals surface area contributed by atoms with Gasteiger partial charge in [0, 0.05) is 19.1 Å². The molecule has 94 valence electrons. The minimum Gasteiger partial charge on any atom is -0.308 e. The molecule has 17 heavy (non-hydrogen) atoms. The van der Waals surface area contributed by atoms with Crippen LogP contribution in [0, 0.1) is 0 Å². The van der Waals surface area contributed by atoms with Gasteiger partial charge in [0.25, 0.3) is 0 Å². The van der Waals surface area contributed by atoms with Gasteiger partial charge in [-0.25, -0.2) is 0 Å². The number of fused-ring (bicyclic) bond motifs is 1. The number of hydrogen-bond donors (Lipinski definition) is 0. The van der Waals surface area contributed by atoms with Crippen LogP contribution in [0.15, 0.2) is 24.3 Å². The highest BCUT2D eigenvalue weighted by Gasteiger charge is 2.22. The van der Waals surface area contributed by atoms with Crippen molar-refractivity contribution in [3.8, 4) is 0 Å². The summed E-state index contributed by atoms with van der Waals surface area (Å²) >= 11 is 0. The third-order valence-electron chi connectivity index (χ3n) is 3.77. The highest BCUT2D eigenvalue weighted by atomic mass is 15.2. The molecular formula is C15H24N2. The predicted molar refractivity (Wildman–Crippen MR) is 73.3 cm³/mol. The lowest BCUT2D eigenvalue weighted by atomic mass is 9.87. The molecule has 0 aromatic heterocycles. The summed E-state index contributed by atoms with van der Waals surface area (Å²) in [6.45, 7) is 2.28. The first-order valence-corrected chi connectivity index (χ1v) is 6.61. The quantitative estimate of drug-likeness (QED) is 0.787. The van der Waals surface area contributed by atoms with E-state index in [1.54, 1.807) is 11.1 Å². The maximum Gasteiger partial charge on any atom is 0.0348 e. The molecule has 0 spiro atoms. The summed E-state index contributed by atoms with van der Waals surface area (Å²) in [6, 6.07) is 9.57. The number of nitrogens with zero attached hydrogens (tertiary/aromatic N) is 2. The third kappa shape index (κ3) is 3.08. The molecule has 0 saturated heterocycles. The first-order valence-electron chi connectivity index (χ1n) is 6.61. The molecule has 0 fully saturated rings. The zero-order chi connectivity index (χ0) is 12.3. The molecule has 1 aromatic rings. The van der Waals surface area contributed by atoms with E-state index in [4.69, 9.17) is 0 Å². The fraction of sp³-hybridized carbons (Fsp3) is 0.600. The molecule has 0 bridgehead atoms. The Hall–Kier alpha value is -0.860. The first-order chi connectivity index (χ1) is 8.18. The molecule has 2 rings (SSSR count). The van der Waals surface area contributed by atoms with Crippen molar-refractivity contribution in [1.29, 1.82) is 0 Å². The Morgan fingerprint density at radius 2 is 1.88 bits per heavy atom. The molecular weight excluding hydrogens is 208 g/mol. The molecule has 2 nitrogen and oxygen atoms in total. The second kappa shape index (κ2) is 5.65. The summed E-state index contributed by atoms with van der Waals surface area (Å²) in [5, 5.41) is 0. The topological polar surface area (TPSA) is 6.48 Å². The van der Waals surface area contributed by atoms with Crippen molar-refractivity contribution in [3.63, 3.8) is 0 Å². The summed E-state index contributed by atoms with van der Waals surface area (Å²) in [5.41, 5.74) is 3.11. The van der Waals surface area contributed by atoms with Crippen LogP contribution in [0.2, 0.25) is 0 Å². The van der Waals surface area contributed by atoms with Crippen LogP contribution in [0.3, 0.4) is 0 Å². The van der Waals surface area contributed by atoms with Gasteiger partial charge in [-0.15, -0.1) is 0 Å². The van der Waals surface area contributed by atoms with Gasteiger partial charge in [0.15, 0.2) is 0 Å². The van der Waals surface area contributed by atoms with E-state index in [0.717, 1.165) is 13.1 Å². The van der Waals surface area contributed by atoms with E-state index in [2.05, 4.69) is 55.2 Å². The largest absolute Gasteiger partial charge is 0.308 e. The van der Waals surface area contributed by atoms with Gasteiger partial charge in [-0.05, 0) is 51.5 Å². The molecule has 1 aliphatic carbocycles. The van der Waals surface area contributed by atoms with Crippen molar-refractivity contribution in [2.75, 3.05) is 34.2 Å². The maximum absolute atomic E-state index is 2.51. The summed E-state index contributed by atoms with van der Waals surface area (Å²) in [5.74, 6) is 0. The minimum atomic E-state index is 0.625. The molecule has 0 heterocycles. The van der Waals surface area contributed by atoms with E-state index in [1.165, 1.54) is 19.3 Å².